The first-order chi connectivity index (χ1) is 9.40. The van der Waals surface area contributed by atoms with Crippen molar-refractivity contribution in [1.82, 2.24) is 15.3 Å². The molecule has 0 aliphatic carbocycles. The molecule has 9 heteroatoms. The summed E-state index contributed by atoms with van der Waals surface area (Å²) in [5, 5.41) is 19.7. The molecule has 4 N–H and O–H groups in total. The van der Waals surface area contributed by atoms with E-state index in [1.807, 2.05) is 0 Å². The van der Waals surface area contributed by atoms with Gasteiger partial charge in [-0.3, -0.25) is 9.59 Å². The third kappa shape index (κ3) is 5.31. The van der Waals surface area contributed by atoms with Crippen molar-refractivity contribution in [1.29, 1.82) is 0 Å². The van der Waals surface area contributed by atoms with E-state index in [1.165, 1.54) is 19.4 Å². The fourth-order valence-electron chi connectivity index (χ4n) is 1.49. The van der Waals surface area contributed by atoms with Gasteiger partial charge in [0.25, 0.3) is 0 Å². The number of hydrogen-bond donors (Lipinski definition) is 4. The lowest BCUT2D eigenvalue weighted by Gasteiger charge is -2.17. The van der Waals surface area contributed by atoms with Gasteiger partial charge in [-0.2, -0.15) is 0 Å². The highest BCUT2D eigenvalue weighted by Gasteiger charge is 2.23. The molecule has 0 aromatic carbocycles. The van der Waals surface area contributed by atoms with Gasteiger partial charge in [-0.05, 0) is 0 Å². The number of hydrogen-bond acceptors (Lipinski definition) is 5. The molecule has 2 atom stereocenters. The molecule has 0 saturated heterocycles. The van der Waals surface area contributed by atoms with Crippen molar-refractivity contribution in [2.45, 2.75) is 24.6 Å². The molecular weight excluding hydrogens is 286 g/mol. The SMILES string of the molecule is CC(=O)NC(CSC(CC(=O)O)c1cnc[nH]1)C(=O)O. The van der Waals surface area contributed by atoms with Crippen LogP contribution in [0, 0.1) is 0 Å². The Labute approximate surface area is 119 Å². The maximum atomic E-state index is 11.0. The summed E-state index contributed by atoms with van der Waals surface area (Å²) < 4.78 is 0. The van der Waals surface area contributed by atoms with E-state index >= 15 is 0 Å². The Balaban J connectivity index is 2.67. The van der Waals surface area contributed by atoms with Gasteiger partial charge in [0.1, 0.15) is 6.04 Å². The number of carboxylic acid groups (broad SMARTS) is 2. The molecular formula is C11H15N3O5S. The normalized spacial score (nSPS) is 13.4. The summed E-state index contributed by atoms with van der Waals surface area (Å²) in [6.07, 6.45) is 2.75. The molecule has 1 aromatic rings. The molecule has 0 aliphatic heterocycles. The van der Waals surface area contributed by atoms with Gasteiger partial charge >= 0.3 is 11.9 Å². The number of imidazole rings is 1. The summed E-state index contributed by atoms with van der Waals surface area (Å²) in [6, 6.07) is -1.06. The standard InChI is InChI=1S/C11H15N3O5S/c1-6(15)14-8(11(18)19)4-20-9(2-10(16)17)7-3-12-5-13-7/h3,5,8-9H,2,4H2,1H3,(H,12,13)(H,14,15)(H,16,17)(H,18,19). The number of carbonyl (C=O) groups is 3. The van der Waals surface area contributed by atoms with E-state index in [-0.39, 0.29) is 12.2 Å². The lowest BCUT2D eigenvalue weighted by atomic mass is 10.2. The number of aromatic nitrogens is 2. The fraction of sp³-hybridized carbons (Fsp3) is 0.455. The first-order valence-electron chi connectivity index (χ1n) is 5.71. The van der Waals surface area contributed by atoms with Crippen LogP contribution in [-0.4, -0.2) is 49.8 Å². The zero-order valence-electron chi connectivity index (χ0n) is 10.7. The van der Waals surface area contributed by atoms with Crippen LogP contribution < -0.4 is 5.32 Å². The van der Waals surface area contributed by atoms with Gasteiger partial charge in [0.05, 0.1) is 18.0 Å². The van der Waals surface area contributed by atoms with Gasteiger partial charge in [0, 0.05) is 24.6 Å². The van der Waals surface area contributed by atoms with Crippen LogP contribution in [0.1, 0.15) is 24.3 Å². The van der Waals surface area contributed by atoms with E-state index in [0.29, 0.717) is 5.69 Å². The van der Waals surface area contributed by atoms with Crippen LogP contribution in [0.15, 0.2) is 12.5 Å². The molecule has 2 unspecified atom stereocenters. The predicted molar refractivity (Wildman–Crippen MR) is 71.3 cm³/mol. The van der Waals surface area contributed by atoms with Crippen LogP contribution in [0.3, 0.4) is 0 Å². The topological polar surface area (TPSA) is 132 Å². The number of aromatic amines is 1. The molecule has 0 spiro atoms. The van der Waals surface area contributed by atoms with Gasteiger partial charge in [-0.25, -0.2) is 9.78 Å². The number of amides is 1. The number of thioether (sulfide) groups is 1. The quantitative estimate of drug-likeness (QED) is 0.541. The van der Waals surface area contributed by atoms with E-state index in [1.54, 1.807) is 0 Å². The minimum atomic E-state index is -1.16. The zero-order valence-corrected chi connectivity index (χ0v) is 11.5. The van der Waals surface area contributed by atoms with Crippen molar-refractivity contribution < 1.29 is 24.6 Å². The predicted octanol–water partition coefficient (Wildman–Crippen LogP) is 0.248. The van der Waals surface area contributed by atoms with E-state index in [4.69, 9.17) is 10.2 Å². The van der Waals surface area contributed by atoms with Crippen LogP contribution >= 0.6 is 11.8 Å². The second-order valence-corrected chi connectivity index (χ2v) is 5.25. The smallest absolute Gasteiger partial charge is 0.327 e. The molecule has 0 radical (unpaired) electrons. The van der Waals surface area contributed by atoms with Crippen LogP contribution in [0.5, 0.6) is 0 Å². The summed E-state index contributed by atoms with van der Waals surface area (Å²) in [7, 11) is 0. The number of rotatable bonds is 8. The molecule has 1 amide bonds. The van der Waals surface area contributed by atoms with Crippen molar-refractivity contribution in [3.05, 3.63) is 18.2 Å². The maximum Gasteiger partial charge on any atom is 0.327 e. The minimum Gasteiger partial charge on any atom is -0.481 e. The van der Waals surface area contributed by atoms with Gasteiger partial charge in [0.2, 0.25) is 5.91 Å². The Bertz CT molecular complexity index is 476. The van der Waals surface area contributed by atoms with Gasteiger partial charge < -0.3 is 20.5 Å². The van der Waals surface area contributed by atoms with E-state index in [2.05, 4.69) is 15.3 Å². The largest absolute Gasteiger partial charge is 0.481 e. The summed E-state index contributed by atoms with van der Waals surface area (Å²) in [5.41, 5.74) is 0.601. The highest BCUT2D eigenvalue weighted by Crippen LogP contribution is 2.31. The average molecular weight is 301 g/mol. The summed E-state index contributed by atoms with van der Waals surface area (Å²) in [4.78, 5) is 39.4. The summed E-state index contributed by atoms with van der Waals surface area (Å²) >= 11 is 1.14. The molecule has 1 heterocycles. The summed E-state index contributed by atoms with van der Waals surface area (Å²) in [6.45, 7) is 1.23. The zero-order chi connectivity index (χ0) is 15.1. The Kier molecular flexibility index (Phi) is 6.04. The van der Waals surface area contributed by atoms with Crippen molar-refractivity contribution in [3.8, 4) is 0 Å². The maximum absolute atomic E-state index is 11.0. The second-order valence-electron chi connectivity index (χ2n) is 4.02. The van der Waals surface area contributed by atoms with Crippen LogP contribution in [0.2, 0.25) is 0 Å². The third-order valence-corrected chi connectivity index (χ3v) is 3.71. The lowest BCUT2D eigenvalue weighted by molar-refractivity contribution is -0.140. The number of aliphatic carboxylic acids is 2. The molecule has 8 nitrogen and oxygen atoms in total. The van der Waals surface area contributed by atoms with E-state index < -0.39 is 29.1 Å². The van der Waals surface area contributed by atoms with Crippen molar-refractivity contribution >= 4 is 29.6 Å². The van der Waals surface area contributed by atoms with Gasteiger partial charge in [-0.15, -0.1) is 11.8 Å². The lowest BCUT2D eigenvalue weighted by Crippen LogP contribution is -2.41. The number of H-pyrrole nitrogens is 1. The molecule has 1 rings (SSSR count). The van der Waals surface area contributed by atoms with Crippen molar-refractivity contribution in [2.24, 2.45) is 0 Å². The highest BCUT2D eigenvalue weighted by atomic mass is 32.2. The first kappa shape index (κ1) is 16.0. The Morgan fingerprint density at radius 1 is 1.45 bits per heavy atom. The van der Waals surface area contributed by atoms with E-state index in [0.717, 1.165) is 11.8 Å². The highest BCUT2D eigenvalue weighted by molar-refractivity contribution is 7.99. The Morgan fingerprint density at radius 2 is 2.15 bits per heavy atom. The average Bonchev–Trinajstić information content (AvgIpc) is 2.85. The van der Waals surface area contributed by atoms with Crippen LogP contribution in [-0.2, 0) is 14.4 Å². The first-order valence-corrected chi connectivity index (χ1v) is 6.76. The second kappa shape index (κ2) is 7.53. The molecule has 0 saturated carbocycles. The van der Waals surface area contributed by atoms with Crippen LogP contribution in [0.25, 0.3) is 0 Å². The molecule has 1 aromatic heterocycles. The van der Waals surface area contributed by atoms with E-state index in [9.17, 15) is 14.4 Å². The van der Waals surface area contributed by atoms with Crippen molar-refractivity contribution in [3.63, 3.8) is 0 Å². The molecule has 0 aliphatic rings. The molecule has 0 fully saturated rings. The third-order valence-electron chi connectivity index (χ3n) is 2.37. The monoisotopic (exact) mass is 301 g/mol. The Hall–Kier alpha value is -2.03. The molecule has 110 valence electrons. The van der Waals surface area contributed by atoms with Crippen LogP contribution in [0.4, 0.5) is 0 Å². The van der Waals surface area contributed by atoms with Crippen molar-refractivity contribution in [2.75, 3.05) is 5.75 Å². The minimum absolute atomic E-state index is 0.0614. The number of nitrogens with one attached hydrogen (secondary N) is 2. The fourth-order valence-corrected chi connectivity index (χ4v) is 2.71. The number of carbonyl (C=O) groups excluding carboxylic acids is 1. The van der Waals surface area contributed by atoms with Gasteiger partial charge in [-0.1, -0.05) is 0 Å². The molecule has 20 heavy (non-hydrogen) atoms. The summed E-state index contributed by atoms with van der Waals surface area (Å²) in [5.74, 6) is -2.55. The number of nitrogens with zero attached hydrogens (tertiary/aromatic N) is 1. The number of carboxylic acids is 2. The Morgan fingerprint density at radius 3 is 2.60 bits per heavy atom. The molecule has 0 bridgehead atoms. The van der Waals surface area contributed by atoms with Gasteiger partial charge in [0.15, 0.2) is 0 Å².